The molecular formula is C16H20FN5. The van der Waals surface area contributed by atoms with Gasteiger partial charge in [-0.25, -0.2) is 14.4 Å². The minimum atomic E-state index is -0.277. The largest absolute Gasteiger partial charge is 0.393 e. The third kappa shape index (κ3) is 3.44. The number of nitrogen functional groups attached to an aromatic ring is 1. The van der Waals surface area contributed by atoms with Crippen molar-refractivity contribution in [3.8, 4) is 0 Å². The van der Waals surface area contributed by atoms with E-state index >= 15 is 0 Å². The molecule has 0 spiro atoms. The lowest BCUT2D eigenvalue weighted by molar-refractivity contribution is 0.462. The van der Waals surface area contributed by atoms with Gasteiger partial charge in [-0.05, 0) is 37.1 Å². The molecule has 1 heterocycles. The predicted molar refractivity (Wildman–Crippen MR) is 86.6 cm³/mol. The lowest BCUT2D eigenvalue weighted by Gasteiger charge is -2.24. The number of hydrogen-bond donors (Lipinski definition) is 3. The number of nitrogens with two attached hydrogens (primary N) is 1. The summed E-state index contributed by atoms with van der Waals surface area (Å²) in [4.78, 5) is 8.41. The van der Waals surface area contributed by atoms with Crippen molar-refractivity contribution in [1.29, 1.82) is 0 Å². The maximum Gasteiger partial charge on any atom is 0.159 e. The molecule has 2 aromatic rings. The number of aromatic nitrogens is 2. The summed E-state index contributed by atoms with van der Waals surface area (Å²) in [6.07, 6.45) is 7.54. The van der Waals surface area contributed by atoms with E-state index in [0.29, 0.717) is 23.4 Å². The first kappa shape index (κ1) is 14.6. The van der Waals surface area contributed by atoms with Gasteiger partial charge in [0.15, 0.2) is 11.6 Å². The van der Waals surface area contributed by atoms with Gasteiger partial charge in [0.2, 0.25) is 0 Å². The first-order valence-electron chi connectivity index (χ1n) is 7.62. The Balaban J connectivity index is 1.74. The average Bonchev–Trinajstić information content (AvgIpc) is 2.54. The minimum Gasteiger partial charge on any atom is -0.393 e. The third-order valence-electron chi connectivity index (χ3n) is 3.94. The first-order valence-corrected chi connectivity index (χ1v) is 7.62. The Labute approximate surface area is 129 Å². The van der Waals surface area contributed by atoms with Crippen molar-refractivity contribution in [3.63, 3.8) is 0 Å². The Hall–Kier alpha value is -2.37. The van der Waals surface area contributed by atoms with E-state index in [4.69, 9.17) is 5.73 Å². The van der Waals surface area contributed by atoms with Gasteiger partial charge in [-0.1, -0.05) is 19.3 Å². The fraction of sp³-hybridized carbons (Fsp3) is 0.375. The standard InChI is InChI=1S/C16H20FN5/c17-11-6-8-13(9-7-11)22-16-14(18)15(19-10-20-16)21-12-4-2-1-3-5-12/h6-10,12H,1-5,18H2,(H2,19,20,21,22). The summed E-state index contributed by atoms with van der Waals surface area (Å²) >= 11 is 0. The molecule has 6 heteroatoms. The van der Waals surface area contributed by atoms with Gasteiger partial charge in [-0.2, -0.15) is 0 Å². The zero-order valence-corrected chi connectivity index (χ0v) is 12.3. The Morgan fingerprint density at radius 2 is 1.68 bits per heavy atom. The number of halogens is 1. The zero-order chi connectivity index (χ0) is 15.4. The number of nitrogens with one attached hydrogen (secondary N) is 2. The second kappa shape index (κ2) is 6.60. The second-order valence-electron chi connectivity index (χ2n) is 5.60. The van der Waals surface area contributed by atoms with Crippen LogP contribution in [0.25, 0.3) is 0 Å². The van der Waals surface area contributed by atoms with Crippen molar-refractivity contribution >= 4 is 23.0 Å². The van der Waals surface area contributed by atoms with Crippen LogP contribution in [0, 0.1) is 5.82 Å². The van der Waals surface area contributed by atoms with Gasteiger partial charge in [0.05, 0.1) is 0 Å². The highest BCUT2D eigenvalue weighted by atomic mass is 19.1. The van der Waals surface area contributed by atoms with E-state index in [0.717, 1.165) is 18.5 Å². The summed E-state index contributed by atoms with van der Waals surface area (Å²) in [5, 5.41) is 6.50. The summed E-state index contributed by atoms with van der Waals surface area (Å²) in [6, 6.07) is 6.49. The molecule has 0 bridgehead atoms. The van der Waals surface area contributed by atoms with E-state index in [2.05, 4.69) is 20.6 Å². The molecule has 1 aromatic carbocycles. The van der Waals surface area contributed by atoms with E-state index in [1.165, 1.54) is 37.7 Å². The molecule has 0 atom stereocenters. The van der Waals surface area contributed by atoms with Crippen LogP contribution in [0.15, 0.2) is 30.6 Å². The van der Waals surface area contributed by atoms with Crippen LogP contribution in [-0.2, 0) is 0 Å². The molecule has 1 aromatic heterocycles. The van der Waals surface area contributed by atoms with Crippen LogP contribution in [0.5, 0.6) is 0 Å². The highest BCUT2D eigenvalue weighted by Gasteiger charge is 2.16. The van der Waals surface area contributed by atoms with E-state index < -0.39 is 0 Å². The van der Waals surface area contributed by atoms with Crippen LogP contribution in [-0.4, -0.2) is 16.0 Å². The number of rotatable bonds is 4. The van der Waals surface area contributed by atoms with Crippen molar-refractivity contribution in [1.82, 2.24) is 9.97 Å². The highest BCUT2D eigenvalue weighted by molar-refractivity contribution is 5.77. The van der Waals surface area contributed by atoms with E-state index in [1.54, 1.807) is 12.1 Å². The summed E-state index contributed by atoms with van der Waals surface area (Å²) in [5.74, 6) is 0.910. The topological polar surface area (TPSA) is 75.9 Å². The van der Waals surface area contributed by atoms with E-state index in [-0.39, 0.29) is 5.82 Å². The molecule has 1 fully saturated rings. The van der Waals surface area contributed by atoms with Gasteiger partial charge in [-0.3, -0.25) is 0 Å². The molecule has 1 saturated carbocycles. The quantitative estimate of drug-likeness (QED) is 0.803. The predicted octanol–water partition coefficient (Wildman–Crippen LogP) is 3.69. The highest BCUT2D eigenvalue weighted by Crippen LogP contribution is 2.28. The molecule has 0 saturated heterocycles. The maximum atomic E-state index is 12.9. The Kier molecular flexibility index (Phi) is 4.37. The smallest absolute Gasteiger partial charge is 0.159 e. The molecule has 1 aliphatic carbocycles. The van der Waals surface area contributed by atoms with Crippen molar-refractivity contribution in [2.45, 2.75) is 38.1 Å². The van der Waals surface area contributed by atoms with Gasteiger partial charge in [-0.15, -0.1) is 0 Å². The zero-order valence-electron chi connectivity index (χ0n) is 12.3. The first-order chi connectivity index (χ1) is 10.7. The summed E-state index contributed by atoms with van der Waals surface area (Å²) in [6.45, 7) is 0. The SMILES string of the molecule is Nc1c(Nc2ccc(F)cc2)ncnc1NC1CCCCC1. The number of nitrogens with zero attached hydrogens (tertiary/aromatic N) is 2. The lowest BCUT2D eigenvalue weighted by atomic mass is 9.95. The van der Waals surface area contributed by atoms with Crippen LogP contribution < -0.4 is 16.4 Å². The molecule has 22 heavy (non-hydrogen) atoms. The molecule has 0 aliphatic heterocycles. The maximum absolute atomic E-state index is 12.9. The summed E-state index contributed by atoms with van der Waals surface area (Å²) in [5.41, 5.74) is 7.37. The lowest BCUT2D eigenvalue weighted by Crippen LogP contribution is -2.23. The fourth-order valence-corrected chi connectivity index (χ4v) is 2.72. The summed E-state index contributed by atoms with van der Waals surface area (Å²) in [7, 11) is 0. The van der Waals surface area contributed by atoms with Crippen molar-refractivity contribution in [3.05, 3.63) is 36.4 Å². The fourth-order valence-electron chi connectivity index (χ4n) is 2.72. The van der Waals surface area contributed by atoms with Crippen LogP contribution in [0.3, 0.4) is 0 Å². The van der Waals surface area contributed by atoms with Crippen molar-refractivity contribution < 1.29 is 4.39 Å². The average molecular weight is 301 g/mol. The normalized spacial score (nSPS) is 15.5. The van der Waals surface area contributed by atoms with Crippen LogP contribution in [0.1, 0.15) is 32.1 Å². The molecule has 4 N–H and O–H groups in total. The molecule has 0 radical (unpaired) electrons. The van der Waals surface area contributed by atoms with Gasteiger partial charge >= 0.3 is 0 Å². The molecule has 3 rings (SSSR count). The number of benzene rings is 1. The monoisotopic (exact) mass is 301 g/mol. The van der Waals surface area contributed by atoms with Gasteiger partial charge in [0, 0.05) is 11.7 Å². The van der Waals surface area contributed by atoms with E-state index in [9.17, 15) is 4.39 Å². The van der Waals surface area contributed by atoms with Gasteiger partial charge in [0.1, 0.15) is 17.8 Å². The van der Waals surface area contributed by atoms with Gasteiger partial charge in [0.25, 0.3) is 0 Å². The molecule has 0 amide bonds. The molecule has 1 aliphatic rings. The molecule has 116 valence electrons. The van der Waals surface area contributed by atoms with Crippen LogP contribution in [0.4, 0.5) is 27.4 Å². The Bertz CT molecular complexity index is 623. The van der Waals surface area contributed by atoms with Crippen molar-refractivity contribution in [2.75, 3.05) is 16.4 Å². The second-order valence-corrected chi connectivity index (χ2v) is 5.60. The van der Waals surface area contributed by atoms with Crippen LogP contribution >= 0.6 is 0 Å². The molecular weight excluding hydrogens is 281 g/mol. The number of anilines is 4. The molecule has 5 nitrogen and oxygen atoms in total. The number of hydrogen-bond acceptors (Lipinski definition) is 5. The van der Waals surface area contributed by atoms with E-state index in [1.807, 2.05) is 0 Å². The summed E-state index contributed by atoms with van der Waals surface area (Å²) < 4.78 is 12.9. The Morgan fingerprint density at radius 3 is 2.41 bits per heavy atom. The van der Waals surface area contributed by atoms with Crippen molar-refractivity contribution in [2.24, 2.45) is 0 Å². The third-order valence-corrected chi connectivity index (χ3v) is 3.94. The minimum absolute atomic E-state index is 0.277. The Morgan fingerprint density at radius 1 is 1.00 bits per heavy atom. The van der Waals surface area contributed by atoms with Gasteiger partial charge < -0.3 is 16.4 Å². The van der Waals surface area contributed by atoms with Crippen LogP contribution in [0.2, 0.25) is 0 Å². The molecule has 0 unspecified atom stereocenters.